The lowest BCUT2D eigenvalue weighted by molar-refractivity contribution is 0.0714. The molecule has 0 saturated carbocycles. The molecular weight excluding hydrogens is 326 g/mol. The zero-order valence-corrected chi connectivity index (χ0v) is 14.1. The predicted octanol–water partition coefficient (Wildman–Crippen LogP) is 2.11. The summed E-state index contributed by atoms with van der Waals surface area (Å²) in [5.74, 6) is -0.0604. The third-order valence-corrected chi connectivity index (χ3v) is 4.72. The highest BCUT2D eigenvalue weighted by Crippen LogP contribution is 2.16. The topological polar surface area (TPSA) is 68.3 Å². The van der Waals surface area contributed by atoms with Crippen LogP contribution in [-0.2, 0) is 6.54 Å². The summed E-state index contributed by atoms with van der Waals surface area (Å²) in [6.07, 6.45) is 3.23. The second-order valence-electron chi connectivity index (χ2n) is 6.10. The van der Waals surface area contributed by atoms with Crippen LogP contribution in [0.25, 0.3) is 0 Å². The number of carbonyl (C=O) groups is 1. The number of benzene rings is 1. The maximum atomic E-state index is 12.6. The van der Waals surface area contributed by atoms with Gasteiger partial charge in [0.25, 0.3) is 11.5 Å². The van der Waals surface area contributed by atoms with Gasteiger partial charge in [-0.1, -0.05) is 29.8 Å². The fraction of sp³-hybridized carbons (Fsp3) is 0.333. The molecule has 1 fully saturated rings. The maximum absolute atomic E-state index is 12.6. The van der Waals surface area contributed by atoms with Gasteiger partial charge >= 0.3 is 0 Å². The molecule has 1 aliphatic rings. The van der Waals surface area contributed by atoms with Crippen LogP contribution in [0.2, 0.25) is 5.02 Å². The number of piperidine rings is 1. The van der Waals surface area contributed by atoms with Crippen LogP contribution in [0.3, 0.4) is 0 Å². The van der Waals surface area contributed by atoms with Crippen LogP contribution in [0, 0.1) is 0 Å². The number of carbonyl (C=O) groups excluding carboxylic acids is 1. The Bertz CT molecular complexity index is 795. The first-order chi connectivity index (χ1) is 11.5. The van der Waals surface area contributed by atoms with Gasteiger partial charge in [0.1, 0.15) is 0 Å². The second-order valence-corrected chi connectivity index (χ2v) is 6.51. The van der Waals surface area contributed by atoms with E-state index in [0.29, 0.717) is 30.2 Å². The van der Waals surface area contributed by atoms with E-state index in [1.165, 1.54) is 10.6 Å². The Kier molecular flexibility index (Phi) is 5.02. The highest BCUT2D eigenvalue weighted by Gasteiger charge is 2.22. The Morgan fingerprint density at radius 1 is 1.17 bits per heavy atom. The van der Waals surface area contributed by atoms with Crippen LogP contribution in [0.4, 0.5) is 0 Å². The first kappa shape index (κ1) is 16.7. The third-order valence-electron chi connectivity index (χ3n) is 4.36. The van der Waals surface area contributed by atoms with Gasteiger partial charge in [-0.25, -0.2) is 0 Å². The van der Waals surface area contributed by atoms with Crippen molar-refractivity contribution in [1.29, 1.82) is 0 Å². The summed E-state index contributed by atoms with van der Waals surface area (Å²) in [7, 11) is 0. The Morgan fingerprint density at radius 2 is 1.88 bits per heavy atom. The van der Waals surface area contributed by atoms with Gasteiger partial charge in [0.2, 0.25) is 0 Å². The smallest absolute Gasteiger partial charge is 0.255 e. The van der Waals surface area contributed by atoms with Gasteiger partial charge in [-0.05, 0) is 30.5 Å². The summed E-state index contributed by atoms with van der Waals surface area (Å²) in [4.78, 5) is 26.5. The van der Waals surface area contributed by atoms with Crippen LogP contribution in [0.5, 0.6) is 0 Å². The zero-order valence-electron chi connectivity index (χ0n) is 13.3. The Hall–Kier alpha value is -2.11. The van der Waals surface area contributed by atoms with Gasteiger partial charge < -0.3 is 15.2 Å². The molecule has 1 aromatic carbocycles. The van der Waals surface area contributed by atoms with Crippen molar-refractivity contribution in [3.8, 4) is 0 Å². The summed E-state index contributed by atoms with van der Waals surface area (Å²) >= 11 is 6.16. The first-order valence-electron chi connectivity index (χ1n) is 8.03. The van der Waals surface area contributed by atoms with Crippen molar-refractivity contribution >= 4 is 17.5 Å². The van der Waals surface area contributed by atoms with Gasteiger partial charge in [0.05, 0.1) is 12.1 Å². The molecule has 2 aromatic rings. The monoisotopic (exact) mass is 345 g/mol. The first-order valence-corrected chi connectivity index (χ1v) is 8.41. The quantitative estimate of drug-likeness (QED) is 0.926. The van der Waals surface area contributed by atoms with Crippen molar-refractivity contribution in [2.45, 2.75) is 25.4 Å². The van der Waals surface area contributed by atoms with Gasteiger partial charge in [-0.3, -0.25) is 9.59 Å². The fourth-order valence-electron chi connectivity index (χ4n) is 2.88. The number of amides is 1. The molecule has 2 heterocycles. The molecule has 0 unspecified atom stereocenters. The molecule has 1 saturated heterocycles. The SMILES string of the molecule is NC1CCN(C(=O)c2ccc(=O)n(Cc3ccccc3Cl)c2)CC1. The minimum absolute atomic E-state index is 0.0604. The number of nitrogens with zero attached hydrogens (tertiary/aromatic N) is 2. The molecule has 0 aliphatic carbocycles. The van der Waals surface area contributed by atoms with E-state index in [1.807, 2.05) is 18.2 Å². The summed E-state index contributed by atoms with van der Waals surface area (Å²) < 4.78 is 1.52. The van der Waals surface area contributed by atoms with Gasteiger partial charge in [-0.15, -0.1) is 0 Å². The predicted molar refractivity (Wildman–Crippen MR) is 94.4 cm³/mol. The molecule has 6 heteroatoms. The molecular formula is C18H20ClN3O2. The normalized spacial score (nSPS) is 15.5. The molecule has 0 radical (unpaired) electrons. The molecule has 126 valence electrons. The lowest BCUT2D eigenvalue weighted by Gasteiger charge is -2.30. The minimum Gasteiger partial charge on any atom is -0.338 e. The molecule has 1 aromatic heterocycles. The third kappa shape index (κ3) is 3.68. The average Bonchev–Trinajstić information content (AvgIpc) is 2.59. The second kappa shape index (κ2) is 7.20. The number of hydrogen-bond donors (Lipinski definition) is 1. The highest BCUT2D eigenvalue weighted by atomic mass is 35.5. The minimum atomic E-state index is -0.160. The van der Waals surface area contributed by atoms with E-state index in [-0.39, 0.29) is 17.5 Å². The van der Waals surface area contributed by atoms with Crippen molar-refractivity contribution < 1.29 is 4.79 Å². The zero-order chi connectivity index (χ0) is 17.1. The Morgan fingerprint density at radius 3 is 2.58 bits per heavy atom. The van der Waals surface area contributed by atoms with Gasteiger partial charge in [-0.2, -0.15) is 0 Å². The number of hydrogen-bond acceptors (Lipinski definition) is 3. The van der Waals surface area contributed by atoms with Crippen molar-refractivity contribution in [3.05, 3.63) is 69.1 Å². The molecule has 1 amide bonds. The lowest BCUT2D eigenvalue weighted by Crippen LogP contribution is -2.43. The molecule has 0 atom stereocenters. The summed E-state index contributed by atoms with van der Waals surface area (Å²) in [6, 6.07) is 10.6. The molecule has 5 nitrogen and oxygen atoms in total. The Labute approximate surface area is 145 Å². The van der Waals surface area contributed by atoms with Gasteiger partial charge in [0.15, 0.2) is 0 Å². The van der Waals surface area contributed by atoms with E-state index in [0.717, 1.165) is 18.4 Å². The maximum Gasteiger partial charge on any atom is 0.255 e. The average molecular weight is 346 g/mol. The largest absolute Gasteiger partial charge is 0.338 e. The van der Waals surface area contributed by atoms with E-state index in [9.17, 15) is 9.59 Å². The van der Waals surface area contributed by atoms with Crippen molar-refractivity contribution in [2.75, 3.05) is 13.1 Å². The van der Waals surface area contributed by atoms with Crippen molar-refractivity contribution in [2.24, 2.45) is 5.73 Å². The van der Waals surface area contributed by atoms with E-state index < -0.39 is 0 Å². The number of likely N-dealkylation sites (tertiary alicyclic amines) is 1. The number of pyridine rings is 1. The standard InChI is InChI=1S/C18H20ClN3O2/c19-16-4-2-1-3-13(16)11-22-12-14(5-6-17(22)23)18(24)21-9-7-15(20)8-10-21/h1-6,12,15H,7-11,20H2. The number of rotatable bonds is 3. The molecule has 1 aliphatic heterocycles. The summed E-state index contributed by atoms with van der Waals surface area (Å²) in [5.41, 5.74) is 7.08. The van der Waals surface area contributed by atoms with E-state index in [1.54, 1.807) is 23.2 Å². The number of aromatic nitrogens is 1. The number of halogens is 1. The van der Waals surface area contributed by atoms with Gasteiger partial charge in [0, 0.05) is 36.4 Å². The molecule has 0 bridgehead atoms. The van der Waals surface area contributed by atoms with Crippen LogP contribution in [-0.4, -0.2) is 34.5 Å². The van der Waals surface area contributed by atoms with Crippen molar-refractivity contribution in [3.63, 3.8) is 0 Å². The molecule has 0 spiro atoms. The van der Waals surface area contributed by atoms with Crippen LogP contribution >= 0.6 is 11.6 Å². The van der Waals surface area contributed by atoms with E-state index >= 15 is 0 Å². The fourth-order valence-corrected chi connectivity index (χ4v) is 3.07. The lowest BCUT2D eigenvalue weighted by atomic mass is 10.1. The van der Waals surface area contributed by atoms with Crippen LogP contribution in [0.1, 0.15) is 28.8 Å². The highest BCUT2D eigenvalue weighted by molar-refractivity contribution is 6.31. The molecule has 24 heavy (non-hydrogen) atoms. The molecule has 2 N–H and O–H groups in total. The summed E-state index contributed by atoms with van der Waals surface area (Å²) in [6.45, 7) is 1.65. The molecule has 3 rings (SSSR count). The van der Waals surface area contributed by atoms with E-state index in [4.69, 9.17) is 17.3 Å². The summed E-state index contributed by atoms with van der Waals surface area (Å²) in [5, 5.41) is 0.603. The Balaban J connectivity index is 1.82. The van der Waals surface area contributed by atoms with Crippen LogP contribution in [0.15, 0.2) is 47.4 Å². The van der Waals surface area contributed by atoms with Crippen LogP contribution < -0.4 is 11.3 Å². The number of nitrogens with two attached hydrogens (primary N) is 1. The van der Waals surface area contributed by atoms with Crippen molar-refractivity contribution in [1.82, 2.24) is 9.47 Å². The van der Waals surface area contributed by atoms with E-state index in [2.05, 4.69) is 0 Å².